The lowest BCUT2D eigenvalue weighted by molar-refractivity contribution is -0.116. The van der Waals surface area contributed by atoms with E-state index in [1.807, 2.05) is 30.3 Å². The highest BCUT2D eigenvalue weighted by Crippen LogP contribution is 2.37. The van der Waals surface area contributed by atoms with Crippen LogP contribution in [0.4, 0.5) is 5.69 Å². The van der Waals surface area contributed by atoms with Crippen LogP contribution in [0.1, 0.15) is 31.7 Å². The molecule has 1 unspecified atom stereocenters. The fourth-order valence-corrected chi connectivity index (χ4v) is 3.56. The summed E-state index contributed by atoms with van der Waals surface area (Å²) in [4.78, 5) is 12.7. The smallest absolute Gasteiger partial charge is 0.224 e. The summed E-state index contributed by atoms with van der Waals surface area (Å²) >= 11 is 0. The Kier molecular flexibility index (Phi) is 5.28. The highest BCUT2D eigenvalue weighted by Gasteiger charge is 2.23. The van der Waals surface area contributed by atoms with Crippen LogP contribution < -0.4 is 24.3 Å². The summed E-state index contributed by atoms with van der Waals surface area (Å²) in [6.45, 7) is 6.43. The quantitative estimate of drug-likeness (QED) is 0.845. The van der Waals surface area contributed by atoms with Crippen LogP contribution >= 0.6 is 0 Å². The standard InChI is InChI=1S/C22H25NO5/c1-14(2)17(15-3-5-18-20(11-15)27-9-7-25-18)13-22(24)23-16-4-6-19-21(12-16)28-10-8-26-19/h3-6,11-12,14,17H,7-10,13H2,1-2H3,(H,23,24). The van der Waals surface area contributed by atoms with Crippen LogP contribution in [-0.4, -0.2) is 32.3 Å². The monoisotopic (exact) mass is 383 g/mol. The van der Waals surface area contributed by atoms with E-state index in [0.29, 0.717) is 56.0 Å². The zero-order chi connectivity index (χ0) is 19.5. The molecule has 28 heavy (non-hydrogen) atoms. The van der Waals surface area contributed by atoms with Gasteiger partial charge in [-0.3, -0.25) is 4.79 Å². The third-order valence-corrected chi connectivity index (χ3v) is 5.03. The molecule has 1 N–H and O–H groups in total. The highest BCUT2D eigenvalue weighted by atomic mass is 16.6. The topological polar surface area (TPSA) is 66.0 Å². The molecule has 2 aromatic carbocycles. The number of carbonyl (C=O) groups is 1. The van der Waals surface area contributed by atoms with Crippen molar-refractivity contribution < 1.29 is 23.7 Å². The van der Waals surface area contributed by atoms with Crippen LogP contribution in [0.25, 0.3) is 0 Å². The van der Waals surface area contributed by atoms with Gasteiger partial charge in [0.15, 0.2) is 23.0 Å². The normalized spacial score (nSPS) is 15.8. The maximum absolute atomic E-state index is 12.7. The number of fused-ring (bicyclic) bond motifs is 2. The molecule has 0 saturated heterocycles. The average molecular weight is 383 g/mol. The van der Waals surface area contributed by atoms with Gasteiger partial charge in [-0.1, -0.05) is 19.9 Å². The van der Waals surface area contributed by atoms with Crippen molar-refractivity contribution in [3.05, 3.63) is 42.0 Å². The van der Waals surface area contributed by atoms with Gasteiger partial charge in [0.25, 0.3) is 0 Å². The molecule has 0 aliphatic carbocycles. The number of nitrogens with one attached hydrogen (secondary N) is 1. The van der Waals surface area contributed by atoms with E-state index in [1.54, 1.807) is 6.07 Å². The van der Waals surface area contributed by atoms with Gasteiger partial charge in [0.05, 0.1) is 0 Å². The molecule has 1 amide bonds. The summed E-state index contributed by atoms with van der Waals surface area (Å²) in [5.41, 5.74) is 1.79. The van der Waals surface area contributed by atoms with Crippen LogP contribution in [0.3, 0.4) is 0 Å². The second-order valence-corrected chi connectivity index (χ2v) is 7.36. The van der Waals surface area contributed by atoms with E-state index in [4.69, 9.17) is 18.9 Å². The number of hydrogen-bond donors (Lipinski definition) is 1. The molecule has 0 aromatic heterocycles. The first-order valence-corrected chi connectivity index (χ1v) is 9.69. The lowest BCUT2D eigenvalue weighted by atomic mass is 9.85. The number of ether oxygens (including phenoxy) is 4. The van der Waals surface area contributed by atoms with Crippen LogP contribution in [-0.2, 0) is 4.79 Å². The van der Waals surface area contributed by atoms with Gasteiger partial charge in [-0.05, 0) is 41.7 Å². The van der Waals surface area contributed by atoms with Crippen molar-refractivity contribution in [3.8, 4) is 23.0 Å². The fraction of sp³-hybridized carbons (Fsp3) is 0.409. The molecule has 1 atom stereocenters. The van der Waals surface area contributed by atoms with Crippen molar-refractivity contribution in [2.45, 2.75) is 26.2 Å². The van der Waals surface area contributed by atoms with Crippen molar-refractivity contribution in [1.29, 1.82) is 0 Å². The van der Waals surface area contributed by atoms with Crippen molar-refractivity contribution >= 4 is 11.6 Å². The Labute approximate surface area is 164 Å². The number of hydrogen-bond acceptors (Lipinski definition) is 5. The van der Waals surface area contributed by atoms with Gasteiger partial charge < -0.3 is 24.3 Å². The second kappa shape index (κ2) is 8.00. The van der Waals surface area contributed by atoms with Crippen LogP contribution in [0.2, 0.25) is 0 Å². The molecule has 6 nitrogen and oxygen atoms in total. The second-order valence-electron chi connectivity index (χ2n) is 7.36. The molecule has 0 bridgehead atoms. The lowest BCUT2D eigenvalue weighted by Crippen LogP contribution is -2.20. The van der Waals surface area contributed by atoms with Gasteiger partial charge >= 0.3 is 0 Å². The third-order valence-electron chi connectivity index (χ3n) is 5.03. The number of benzene rings is 2. The van der Waals surface area contributed by atoms with Gasteiger partial charge in [0, 0.05) is 18.2 Å². The summed E-state index contributed by atoms with van der Waals surface area (Å²) in [7, 11) is 0. The molecule has 0 spiro atoms. The lowest BCUT2D eigenvalue weighted by Gasteiger charge is -2.24. The van der Waals surface area contributed by atoms with Gasteiger partial charge in [-0.25, -0.2) is 0 Å². The van der Waals surface area contributed by atoms with E-state index < -0.39 is 0 Å². The Hall–Kier alpha value is -2.89. The number of anilines is 1. The summed E-state index contributed by atoms with van der Waals surface area (Å²) in [6, 6.07) is 11.4. The first kappa shape index (κ1) is 18.5. The van der Waals surface area contributed by atoms with E-state index in [2.05, 4.69) is 19.2 Å². The summed E-state index contributed by atoms with van der Waals surface area (Å²) in [5, 5.41) is 2.98. The van der Waals surface area contributed by atoms with Crippen molar-refractivity contribution in [2.75, 3.05) is 31.7 Å². The molecule has 2 heterocycles. The Morgan fingerprint density at radius 1 is 0.857 bits per heavy atom. The van der Waals surface area contributed by atoms with Crippen molar-refractivity contribution in [2.24, 2.45) is 5.92 Å². The minimum Gasteiger partial charge on any atom is -0.486 e. The fourth-order valence-electron chi connectivity index (χ4n) is 3.56. The molecular weight excluding hydrogens is 358 g/mol. The van der Waals surface area contributed by atoms with Crippen LogP contribution in [0.5, 0.6) is 23.0 Å². The Morgan fingerprint density at radius 3 is 2.07 bits per heavy atom. The maximum Gasteiger partial charge on any atom is 0.224 e. The van der Waals surface area contributed by atoms with E-state index in [-0.39, 0.29) is 11.8 Å². The third kappa shape index (κ3) is 4.01. The number of rotatable bonds is 5. The van der Waals surface area contributed by atoms with Gasteiger partial charge in [-0.2, -0.15) is 0 Å². The SMILES string of the molecule is CC(C)C(CC(=O)Nc1ccc2c(c1)OCCO2)c1ccc2c(c1)OCCO2. The molecule has 2 aliphatic heterocycles. The van der Waals surface area contributed by atoms with Crippen molar-refractivity contribution in [1.82, 2.24) is 0 Å². The zero-order valence-electron chi connectivity index (χ0n) is 16.2. The maximum atomic E-state index is 12.7. The summed E-state index contributed by atoms with van der Waals surface area (Å²) in [5.74, 6) is 3.23. The average Bonchev–Trinajstić information content (AvgIpc) is 2.71. The largest absolute Gasteiger partial charge is 0.486 e. The number of carbonyl (C=O) groups excluding carboxylic acids is 1. The van der Waals surface area contributed by atoms with Gasteiger partial charge in [0.1, 0.15) is 26.4 Å². The minimum atomic E-state index is -0.0368. The Balaban J connectivity index is 1.46. The molecule has 0 fully saturated rings. The molecule has 0 saturated carbocycles. The molecule has 148 valence electrons. The molecule has 6 heteroatoms. The van der Waals surface area contributed by atoms with E-state index in [1.165, 1.54) is 0 Å². The van der Waals surface area contributed by atoms with Crippen LogP contribution in [0.15, 0.2) is 36.4 Å². The molecule has 2 aliphatic rings. The molecular formula is C22H25NO5. The highest BCUT2D eigenvalue weighted by molar-refractivity contribution is 5.91. The van der Waals surface area contributed by atoms with Gasteiger partial charge in [0.2, 0.25) is 5.91 Å². The first-order chi connectivity index (χ1) is 13.6. The predicted octanol–water partition coefficient (Wildman–Crippen LogP) is 4.00. The Bertz CT molecular complexity index is 864. The minimum absolute atomic E-state index is 0.0368. The summed E-state index contributed by atoms with van der Waals surface area (Å²) < 4.78 is 22.4. The van der Waals surface area contributed by atoms with Crippen LogP contribution in [0, 0.1) is 5.92 Å². The van der Waals surface area contributed by atoms with E-state index in [0.717, 1.165) is 17.1 Å². The molecule has 0 radical (unpaired) electrons. The zero-order valence-corrected chi connectivity index (χ0v) is 16.2. The van der Waals surface area contributed by atoms with E-state index in [9.17, 15) is 4.79 Å². The van der Waals surface area contributed by atoms with Gasteiger partial charge in [-0.15, -0.1) is 0 Å². The predicted molar refractivity (Wildman–Crippen MR) is 106 cm³/mol. The Morgan fingerprint density at radius 2 is 1.43 bits per heavy atom. The summed E-state index contributed by atoms with van der Waals surface area (Å²) in [6.07, 6.45) is 0.381. The molecule has 2 aromatic rings. The first-order valence-electron chi connectivity index (χ1n) is 9.69. The molecule has 4 rings (SSSR count). The van der Waals surface area contributed by atoms with E-state index >= 15 is 0 Å². The van der Waals surface area contributed by atoms with Crippen molar-refractivity contribution in [3.63, 3.8) is 0 Å². The number of amides is 1.